The summed E-state index contributed by atoms with van der Waals surface area (Å²) in [4.78, 5) is 11.8. The van der Waals surface area contributed by atoms with Gasteiger partial charge in [0.1, 0.15) is 6.54 Å². The van der Waals surface area contributed by atoms with E-state index in [0.717, 1.165) is 17.0 Å². The predicted octanol–water partition coefficient (Wildman–Crippen LogP) is 0.132. The summed E-state index contributed by atoms with van der Waals surface area (Å²) in [5.74, 6) is -0.102. The average molecular weight is 262 g/mol. The number of carbonyl (C=O) groups excluding carboxylic acids is 1. The van der Waals surface area contributed by atoms with Gasteiger partial charge in [0.15, 0.2) is 0 Å². The Bertz CT molecular complexity index is 597. The van der Waals surface area contributed by atoms with Crippen molar-refractivity contribution >= 4 is 11.6 Å². The first-order chi connectivity index (χ1) is 8.97. The van der Waals surface area contributed by atoms with Crippen LogP contribution in [0.5, 0.6) is 0 Å². The minimum absolute atomic E-state index is 0.102. The van der Waals surface area contributed by atoms with Gasteiger partial charge in [0.05, 0.1) is 23.3 Å². The summed E-state index contributed by atoms with van der Waals surface area (Å²) in [6, 6.07) is 0. The Balaban J connectivity index is 1.92. The summed E-state index contributed by atoms with van der Waals surface area (Å²) < 4.78 is 3.31. The van der Waals surface area contributed by atoms with Gasteiger partial charge in [-0.1, -0.05) is 0 Å². The smallest absolute Gasteiger partial charge is 0.242 e. The molecule has 19 heavy (non-hydrogen) atoms. The number of nitrogens with two attached hydrogens (primary N) is 1. The van der Waals surface area contributed by atoms with Crippen LogP contribution in [-0.4, -0.2) is 25.5 Å². The van der Waals surface area contributed by atoms with Crippen LogP contribution < -0.4 is 11.1 Å². The van der Waals surface area contributed by atoms with Crippen molar-refractivity contribution in [2.45, 2.75) is 26.9 Å². The number of rotatable bonds is 4. The molecule has 0 bridgehead atoms. The van der Waals surface area contributed by atoms with E-state index in [-0.39, 0.29) is 12.5 Å². The maximum absolute atomic E-state index is 11.8. The van der Waals surface area contributed by atoms with Crippen LogP contribution in [0.15, 0.2) is 12.4 Å². The van der Waals surface area contributed by atoms with Gasteiger partial charge in [0.2, 0.25) is 5.91 Å². The lowest BCUT2D eigenvalue weighted by Gasteiger charge is -2.05. The Labute approximate surface area is 111 Å². The highest BCUT2D eigenvalue weighted by molar-refractivity contribution is 5.75. The SMILES string of the molecule is Cc1nn(CC(=O)NCc2cnn(C)c2)c(C)c1N. The standard InChI is InChI=1S/C12H18N6O/c1-8-12(13)9(2)18(16-8)7-11(19)14-4-10-5-15-17(3)6-10/h5-6H,4,7,13H2,1-3H3,(H,14,19). The molecule has 7 nitrogen and oxygen atoms in total. The van der Waals surface area contributed by atoms with E-state index >= 15 is 0 Å². The average Bonchev–Trinajstić information content (AvgIpc) is 2.88. The molecule has 0 aliphatic rings. The van der Waals surface area contributed by atoms with Gasteiger partial charge in [0, 0.05) is 25.4 Å². The van der Waals surface area contributed by atoms with Crippen LogP contribution in [-0.2, 0) is 24.9 Å². The summed E-state index contributed by atoms with van der Waals surface area (Å²) in [6.45, 7) is 4.31. The first-order valence-electron chi connectivity index (χ1n) is 6.01. The molecule has 0 radical (unpaired) electrons. The van der Waals surface area contributed by atoms with Crippen LogP contribution in [0.2, 0.25) is 0 Å². The van der Waals surface area contributed by atoms with Crippen molar-refractivity contribution in [2.24, 2.45) is 7.05 Å². The molecular formula is C12H18N6O. The largest absolute Gasteiger partial charge is 0.396 e. The summed E-state index contributed by atoms with van der Waals surface area (Å²) in [6.07, 6.45) is 3.59. The topological polar surface area (TPSA) is 90.8 Å². The van der Waals surface area contributed by atoms with Crippen molar-refractivity contribution in [3.63, 3.8) is 0 Å². The molecule has 2 heterocycles. The van der Waals surface area contributed by atoms with Crippen LogP contribution >= 0.6 is 0 Å². The van der Waals surface area contributed by atoms with E-state index in [0.29, 0.717) is 12.2 Å². The lowest BCUT2D eigenvalue weighted by molar-refractivity contribution is -0.122. The maximum atomic E-state index is 11.8. The number of hydrogen-bond donors (Lipinski definition) is 2. The molecule has 0 aromatic carbocycles. The first-order valence-corrected chi connectivity index (χ1v) is 6.01. The van der Waals surface area contributed by atoms with Crippen LogP contribution in [0.1, 0.15) is 17.0 Å². The summed E-state index contributed by atoms with van der Waals surface area (Å²) in [5, 5.41) is 11.1. The highest BCUT2D eigenvalue weighted by Crippen LogP contribution is 2.14. The number of carbonyl (C=O) groups is 1. The van der Waals surface area contributed by atoms with Crippen LogP contribution in [0.25, 0.3) is 0 Å². The molecule has 7 heteroatoms. The summed E-state index contributed by atoms with van der Waals surface area (Å²) >= 11 is 0. The number of aryl methyl sites for hydroxylation is 2. The number of hydrogen-bond acceptors (Lipinski definition) is 4. The molecule has 0 atom stereocenters. The molecule has 3 N–H and O–H groups in total. The fourth-order valence-corrected chi connectivity index (χ4v) is 1.82. The van der Waals surface area contributed by atoms with Crippen molar-refractivity contribution < 1.29 is 4.79 Å². The third-order valence-corrected chi connectivity index (χ3v) is 2.98. The second kappa shape index (κ2) is 5.13. The monoisotopic (exact) mass is 262 g/mol. The second-order valence-corrected chi connectivity index (χ2v) is 4.54. The van der Waals surface area contributed by atoms with E-state index in [2.05, 4.69) is 15.5 Å². The number of nitrogens with zero attached hydrogens (tertiary/aromatic N) is 4. The van der Waals surface area contributed by atoms with Gasteiger partial charge in [0.25, 0.3) is 0 Å². The number of amides is 1. The lowest BCUT2D eigenvalue weighted by Crippen LogP contribution is -2.27. The molecule has 2 rings (SSSR count). The number of nitrogen functional groups attached to an aromatic ring is 1. The highest BCUT2D eigenvalue weighted by Gasteiger charge is 2.11. The summed E-state index contributed by atoms with van der Waals surface area (Å²) in [7, 11) is 1.84. The van der Waals surface area contributed by atoms with E-state index < -0.39 is 0 Å². The van der Waals surface area contributed by atoms with Gasteiger partial charge in [-0.05, 0) is 13.8 Å². The fraction of sp³-hybridized carbons (Fsp3) is 0.417. The normalized spacial score (nSPS) is 10.7. The molecule has 2 aromatic rings. The maximum Gasteiger partial charge on any atom is 0.242 e. The molecular weight excluding hydrogens is 244 g/mol. The first kappa shape index (κ1) is 13.1. The lowest BCUT2D eigenvalue weighted by atomic mass is 10.3. The predicted molar refractivity (Wildman–Crippen MR) is 71.2 cm³/mol. The third-order valence-electron chi connectivity index (χ3n) is 2.98. The minimum Gasteiger partial charge on any atom is -0.396 e. The van der Waals surface area contributed by atoms with E-state index in [1.54, 1.807) is 15.6 Å². The molecule has 0 unspecified atom stereocenters. The van der Waals surface area contributed by atoms with Crippen LogP contribution in [0.3, 0.4) is 0 Å². The molecule has 0 fully saturated rings. The van der Waals surface area contributed by atoms with Crippen LogP contribution in [0.4, 0.5) is 5.69 Å². The molecule has 0 spiro atoms. The zero-order chi connectivity index (χ0) is 14.0. The van der Waals surface area contributed by atoms with Crippen molar-refractivity contribution in [3.8, 4) is 0 Å². The fourth-order valence-electron chi connectivity index (χ4n) is 1.82. The van der Waals surface area contributed by atoms with Gasteiger partial charge in [-0.15, -0.1) is 0 Å². The van der Waals surface area contributed by atoms with E-state index in [9.17, 15) is 4.79 Å². The highest BCUT2D eigenvalue weighted by atomic mass is 16.2. The third kappa shape index (κ3) is 2.93. The molecule has 1 amide bonds. The number of nitrogens with one attached hydrogen (secondary N) is 1. The molecule has 0 aliphatic heterocycles. The molecule has 2 aromatic heterocycles. The quantitative estimate of drug-likeness (QED) is 0.819. The van der Waals surface area contributed by atoms with Crippen molar-refractivity contribution in [1.82, 2.24) is 24.9 Å². The van der Waals surface area contributed by atoms with Gasteiger partial charge in [-0.25, -0.2) is 0 Å². The zero-order valence-electron chi connectivity index (χ0n) is 11.3. The second-order valence-electron chi connectivity index (χ2n) is 4.54. The van der Waals surface area contributed by atoms with Gasteiger partial charge < -0.3 is 11.1 Å². The Kier molecular flexibility index (Phi) is 3.55. The van der Waals surface area contributed by atoms with Crippen molar-refractivity contribution in [2.75, 3.05) is 5.73 Å². The number of aromatic nitrogens is 4. The van der Waals surface area contributed by atoms with E-state index in [1.807, 2.05) is 27.1 Å². The zero-order valence-corrected chi connectivity index (χ0v) is 11.3. The Morgan fingerprint density at radius 1 is 1.47 bits per heavy atom. The Morgan fingerprint density at radius 3 is 2.74 bits per heavy atom. The minimum atomic E-state index is -0.102. The molecule has 0 saturated heterocycles. The van der Waals surface area contributed by atoms with Crippen molar-refractivity contribution in [3.05, 3.63) is 29.3 Å². The Morgan fingerprint density at radius 2 is 2.21 bits per heavy atom. The van der Waals surface area contributed by atoms with Crippen molar-refractivity contribution in [1.29, 1.82) is 0 Å². The summed E-state index contributed by atoms with van der Waals surface area (Å²) in [5.41, 5.74) is 8.98. The van der Waals surface area contributed by atoms with E-state index in [1.165, 1.54) is 0 Å². The van der Waals surface area contributed by atoms with Gasteiger partial charge in [-0.2, -0.15) is 10.2 Å². The number of anilines is 1. The van der Waals surface area contributed by atoms with Gasteiger partial charge in [-0.3, -0.25) is 14.2 Å². The molecule has 102 valence electrons. The van der Waals surface area contributed by atoms with Gasteiger partial charge >= 0.3 is 0 Å². The molecule has 0 aliphatic carbocycles. The van der Waals surface area contributed by atoms with E-state index in [4.69, 9.17) is 5.73 Å². The Hall–Kier alpha value is -2.31. The molecule has 0 saturated carbocycles. The van der Waals surface area contributed by atoms with Crippen LogP contribution in [0, 0.1) is 13.8 Å².